The van der Waals surface area contributed by atoms with Gasteiger partial charge in [0.25, 0.3) is 11.8 Å². The quantitative estimate of drug-likeness (QED) is 0.593. The molecule has 1 aliphatic rings. The Labute approximate surface area is 183 Å². The fraction of sp³-hybridized carbons (Fsp3) is 0.231. The van der Waals surface area contributed by atoms with Gasteiger partial charge < -0.3 is 15.5 Å². The van der Waals surface area contributed by atoms with Crippen LogP contribution in [0.15, 0.2) is 72.8 Å². The number of nitrogens with zero attached hydrogens (tertiary/aromatic N) is 1. The number of nitrogens with one attached hydrogen (secondary N) is 2. The Morgan fingerprint density at radius 1 is 0.903 bits per heavy atom. The summed E-state index contributed by atoms with van der Waals surface area (Å²) in [5.74, 6) is -0.409. The van der Waals surface area contributed by atoms with Crippen molar-refractivity contribution >= 4 is 23.2 Å². The van der Waals surface area contributed by atoms with Crippen LogP contribution < -0.4 is 15.5 Å². The molecule has 1 aliphatic heterocycles. The largest absolute Gasteiger partial charge is 0.367 e. The molecule has 3 aromatic rings. The maximum absolute atomic E-state index is 12.8. The minimum Gasteiger partial charge on any atom is -0.367 e. The van der Waals surface area contributed by atoms with Crippen LogP contribution in [0, 0.1) is 0 Å². The Hall–Kier alpha value is -3.60. The molecule has 3 aromatic carbocycles. The molecule has 158 valence electrons. The van der Waals surface area contributed by atoms with E-state index in [9.17, 15) is 9.59 Å². The Morgan fingerprint density at radius 3 is 2.45 bits per heavy atom. The third-order valence-electron chi connectivity index (χ3n) is 5.53. The van der Waals surface area contributed by atoms with Gasteiger partial charge in [-0.1, -0.05) is 49.4 Å². The van der Waals surface area contributed by atoms with Gasteiger partial charge >= 0.3 is 0 Å². The molecular formula is C26H27N3O2. The summed E-state index contributed by atoms with van der Waals surface area (Å²) in [6.07, 6.45) is 1.93. The maximum atomic E-state index is 12.8. The van der Waals surface area contributed by atoms with Crippen LogP contribution in [0.1, 0.15) is 45.2 Å². The lowest BCUT2D eigenvalue weighted by Crippen LogP contribution is -2.25. The number of fused-ring (bicyclic) bond motifs is 1. The average Bonchev–Trinajstić information content (AvgIpc) is 3.21. The number of rotatable bonds is 7. The lowest BCUT2D eigenvalue weighted by molar-refractivity contribution is 0.0954. The maximum Gasteiger partial charge on any atom is 0.255 e. The van der Waals surface area contributed by atoms with Gasteiger partial charge in [0.05, 0.1) is 11.3 Å². The van der Waals surface area contributed by atoms with E-state index in [0.29, 0.717) is 23.4 Å². The molecule has 5 heteroatoms. The number of para-hydroxylation sites is 2. The van der Waals surface area contributed by atoms with Crippen LogP contribution >= 0.6 is 0 Å². The van der Waals surface area contributed by atoms with Gasteiger partial charge in [-0.15, -0.1) is 0 Å². The number of amides is 2. The number of carbonyl (C=O) groups is 2. The highest BCUT2D eigenvalue weighted by Crippen LogP contribution is 2.28. The third-order valence-corrected chi connectivity index (χ3v) is 5.53. The van der Waals surface area contributed by atoms with E-state index in [0.717, 1.165) is 31.5 Å². The molecule has 5 nitrogen and oxygen atoms in total. The second-order valence-corrected chi connectivity index (χ2v) is 7.75. The van der Waals surface area contributed by atoms with E-state index in [1.54, 1.807) is 18.2 Å². The van der Waals surface area contributed by atoms with E-state index in [1.165, 1.54) is 11.3 Å². The molecule has 4 rings (SSSR count). The molecule has 1 heterocycles. The topological polar surface area (TPSA) is 61.4 Å². The fourth-order valence-corrected chi connectivity index (χ4v) is 3.87. The SMILES string of the molecule is CCCNC(=O)c1ccccc1NC(=O)c1ccc(CN2CCc3ccccc32)cc1. The second kappa shape index (κ2) is 9.47. The highest BCUT2D eigenvalue weighted by atomic mass is 16.2. The second-order valence-electron chi connectivity index (χ2n) is 7.75. The van der Waals surface area contributed by atoms with Crippen LogP contribution in [-0.4, -0.2) is 24.9 Å². The third kappa shape index (κ3) is 4.77. The molecule has 0 saturated heterocycles. The Kier molecular flexibility index (Phi) is 6.32. The van der Waals surface area contributed by atoms with Gasteiger partial charge in [-0.25, -0.2) is 0 Å². The van der Waals surface area contributed by atoms with Crippen molar-refractivity contribution in [1.82, 2.24) is 5.32 Å². The van der Waals surface area contributed by atoms with Crippen molar-refractivity contribution in [3.63, 3.8) is 0 Å². The molecular weight excluding hydrogens is 386 g/mol. The molecule has 31 heavy (non-hydrogen) atoms. The molecule has 0 spiro atoms. The van der Waals surface area contributed by atoms with Crippen LogP contribution in [-0.2, 0) is 13.0 Å². The normalized spacial score (nSPS) is 12.4. The lowest BCUT2D eigenvalue weighted by Gasteiger charge is -2.19. The van der Waals surface area contributed by atoms with Crippen molar-refractivity contribution in [2.45, 2.75) is 26.3 Å². The van der Waals surface area contributed by atoms with Crippen molar-refractivity contribution in [2.24, 2.45) is 0 Å². The first-order chi connectivity index (χ1) is 15.2. The lowest BCUT2D eigenvalue weighted by atomic mass is 10.1. The summed E-state index contributed by atoms with van der Waals surface area (Å²) in [6.45, 7) is 4.43. The van der Waals surface area contributed by atoms with Gasteiger partial charge in [-0.2, -0.15) is 0 Å². The number of hydrogen-bond acceptors (Lipinski definition) is 3. The van der Waals surface area contributed by atoms with Crippen LogP contribution in [0.3, 0.4) is 0 Å². The van der Waals surface area contributed by atoms with E-state index < -0.39 is 0 Å². The standard InChI is InChI=1S/C26H27N3O2/c1-2-16-27-26(31)22-8-4-5-9-23(22)28-25(30)21-13-11-19(12-14-21)18-29-17-15-20-7-3-6-10-24(20)29/h3-14H,2,15-18H2,1H3,(H,27,31)(H,28,30). The van der Waals surface area contributed by atoms with E-state index in [1.807, 2.05) is 37.3 Å². The zero-order valence-electron chi connectivity index (χ0n) is 17.7. The van der Waals surface area contributed by atoms with E-state index in [4.69, 9.17) is 0 Å². The van der Waals surface area contributed by atoms with Gasteiger partial charge in [0.2, 0.25) is 0 Å². The fourth-order valence-electron chi connectivity index (χ4n) is 3.87. The van der Waals surface area contributed by atoms with Crippen molar-refractivity contribution in [1.29, 1.82) is 0 Å². The molecule has 0 aromatic heterocycles. The first-order valence-electron chi connectivity index (χ1n) is 10.8. The minimum atomic E-state index is -0.228. The molecule has 0 fully saturated rings. The van der Waals surface area contributed by atoms with Crippen molar-refractivity contribution < 1.29 is 9.59 Å². The molecule has 2 N–H and O–H groups in total. The highest BCUT2D eigenvalue weighted by Gasteiger charge is 2.18. The smallest absolute Gasteiger partial charge is 0.255 e. The van der Waals surface area contributed by atoms with Gasteiger partial charge in [0, 0.05) is 30.9 Å². The molecule has 2 amide bonds. The van der Waals surface area contributed by atoms with E-state index in [-0.39, 0.29) is 11.8 Å². The summed E-state index contributed by atoms with van der Waals surface area (Å²) >= 11 is 0. The zero-order valence-corrected chi connectivity index (χ0v) is 17.7. The summed E-state index contributed by atoms with van der Waals surface area (Å²) < 4.78 is 0. The predicted octanol–water partition coefficient (Wildman–Crippen LogP) is 4.64. The van der Waals surface area contributed by atoms with Gasteiger partial charge in [0.1, 0.15) is 0 Å². The summed E-state index contributed by atoms with van der Waals surface area (Å²) in [5, 5.41) is 5.74. The monoisotopic (exact) mass is 413 g/mol. The van der Waals surface area contributed by atoms with Gasteiger partial charge in [-0.3, -0.25) is 9.59 Å². The van der Waals surface area contributed by atoms with Gasteiger partial charge in [0.15, 0.2) is 0 Å². The van der Waals surface area contributed by atoms with Crippen LogP contribution in [0.4, 0.5) is 11.4 Å². The molecule has 0 radical (unpaired) electrons. The molecule has 0 unspecified atom stereocenters. The van der Waals surface area contributed by atoms with Crippen molar-refractivity contribution in [3.05, 3.63) is 95.1 Å². The minimum absolute atomic E-state index is 0.181. The van der Waals surface area contributed by atoms with Crippen molar-refractivity contribution in [2.75, 3.05) is 23.3 Å². The Balaban J connectivity index is 1.42. The number of anilines is 2. The molecule has 0 bridgehead atoms. The first-order valence-corrected chi connectivity index (χ1v) is 10.8. The summed E-state index contributed by atoms with van der Waals surface area (Å²) in [7, 11) is 0. The van der Waals surface area contributed by atoms with Crippen LogP contribution in [0.2, 0.25) is 0 Å². The van der Waals surface area contributed by atoms with E-state index in [2.05, 4.69) is 39.8 Å². The van der Waals surface area contributed by atoms with Crippen LogP contribution in [0.25, 0.3) is 0 Å². The van der Waals surface area contributed by atoms with E-state index >= 15 is 0 Å². The molecule has 0 atom stereocenters. The summed E-state index contributed by atoms with van der Waals surface area (Å²) in [5.41, 5.74) is 5.39. The average molecular weight is 414 g/mol. The molecule has 0 saturated carbocycles. The highest BCUT2D eigenvalue weighted by molar-refractivity contribution is 6.09. The van der Waals surface area contributed by atoms with Gasteiger partial charge in [-0.05, 0) is 54.3 Å². The predicted molar refractivity (Wildman–Crippen MR) is 125 cm³/mol. The van der Waals surface area contributed by atoms with Crippen LogP contribution in [0.5, 0.6) is 0 Å². The Bertz CT molecular complexity index is 1080. The zero-order chi connectivity index (χ0) is 21.6. The van der Waals surface area contributed by atoms with Crippen molar-refractivity contribution in [3.8, 4) is 0 Å². The first kappa shape index (κ1) is 20.7. The summed E-state index contributed by atoms with van der Waals surface area (Å²) in [6, 6.07) is 23.2. The number of carbonyl (C=O) groups excluding carboxylic acids is 2. The number of hydrogen-bond donors (Lipinski definition) is 2. The molecule has 0 aliphatic carbocycles. The summed E-state index contributed by atoms with van der Waals surface area (Å²) in [4.78, 5) is 27.5. The number of benzene rings is 3. The Morgan fingerprint density at radius 2 is 1.65 bits per heavy atom.